The van der Waals surface area contributed by atoms with E-state index in [2.05, 4.69) is 37.4 Å². The van der Waals surface area contributed by atoms with Crippen LogP contribution in [0.2, 0.25) is 0 Å². The number of imidazole rings is 1. The third-order valence-electron chi connectivity index (χ3n) is 3.97. The summed E-state index contributed by atoms with van der Waals surface area (Å²) in [7, 11) is 0. The molecule has 0 spiro atoms. The van der Waals surface area contributed by atoms with Gasteiger partial charge in [-0.2, -0.15) is 11.8 Å². The average Bonchev–Trinajstić information content (AvgIpc) is 3.09. The zero-order valence-corrected chi connectivity index (χ0v) is 16.8. The number of aromatic nitrogens is 4. The number of nitrogens with one attached hydrogen (secondary N) is 3. The van der Waals surface area contributed by atoms with Gasteiger partial charge in [-0.1, -0.05) is 18.2 Å². The molecule has 0 bridgehead atoms. The van der Waals surface area contributed by atoms with Crippen molar-refractivity contribution in [1.82, 2.24) is 19.9 Å². The van der Waals surface area contributed by atoms with Crippen LogP contribution in [-0.2, 0) is 12.2 Å². The lowest BCUT2D eigenvalue weighted by molar-refractivity contribution is 0.995. The Bertz CT molecular complexity index is 894. The first-order chi connectivity index (χ1) is 13.2. The minimum Gasteiger partial charge on any atom is -0.355 e. The zero-order chi connectivity index (χ0) is 18.9. The molecule has 0 saturated heterocycles. The first-order valence-electron chi connectivity index (χ1n) is 8.79. The molecule has 0 amide bonds. The van der Waals surface area contributed by atoms with Crippen molar-refractivity contribution in [3.63, 3.8) is 0 Å². The maximum absolute atomic E-state index is 12.2. The number of hydrogen-bond donors (Lipinski definition) is 3. The van der Waals surface area contributed by atoms with Crippen LogP contribution in [0.4, 0.5) is 5.95 Å². The van der Waals surface area contributed by atoms with Crippen LogP contribution >= 0.6 is 23.5 Å². The van der Waals surface area contributed by atoms with Crippen LogP contribution in [0.3, 0.4) is 0 Å². The maximum atomic E-state index is 12.2. The first kappa shape index (κ1) is 19.6. The summed E-state index contributed by atoms with van der Waals surface area (Å²) < 4.78 is 0. The Morgan fingerprint density at radius 3 is 2.74 bits per heavy atom. The van der Waals surface area contributed by atoms with E-state index in [0.717, 1.165) is 35.2 Å². The fraction of sp³-hybridized carbons (Fsp3) is 0.316. The molecule has 1 aromatic carbocycles. The van der Waals surface area contributed by atoms with Crippen LogP contribution < -0.4 is 10.9 Å². The molecule has 0 aliphatic carbocycles. The molecule has 27 heavy (non-hydrogen) atoms. The van der Waals surface area contributed by atoms with E-state index in [-0.39, 0.29) is 5.56 Å². The van der Waals surface area contributed by atoms with Gasteiger partial charge in [0.1, 0.15) is 0 Å². The predicted molar refractivity (Wildman–Crippen MR) is 114 cm³/mol. The highest BCUT2D eigenvalue weighted by molar-refractivity contribution is 7.99. The van der Waals surface area contributed by atoms with Crippen LogP contribution in [0, 0.1) is 6.92 Å². The number of aromatic amines is 2. The second-order valence-corrected chi connectivity index (χ2v) is 8.22. The number of hydrogen-bond acceptors (Lipinski definition) is 6. The monoisotopic (exact) mass is 401 g/mol. The Kier molecular flexibility index (Phi) is 7.41. The van der Waals surface area contributed by atoms with E-state index in [4.69, 9.17) is 0 Å². The molecule has 0 saturated carbocycles. The van der Waals surface area contributed by atoms with Gasteiger partial charge in [-0.15, -0.1) is 11.8 Å². The Hall–Kier alpha value is -2.19. The van der Waals surface area contributed by atoms with Crippen LogP contribution in [0.1, 0.15) is 17.0 Å². The SMILES string of the molecule is Cc1[nH]cnc1CSCCNc1ncc(CCSc2ccccc2)c(=O)[nH]1. The molecular weight excluding hydrogens is 378 g/mol. The summed E-state index contributed by atoms with van der Waals surface area (Å²) in [5.74, 6) is 3.16. The first-order valence-corrected chi connectivity index (χ1v) is 10.9. The summed E-state index contributed by atoms with van der Waals surface area (Å²) in [5, 5.41) is 3.17. The number of aryl methyl sites for hydroxylation is 2. The van der Waals surface area contributed by atoms with Crippen molar-refractivity contribution in [2.24, 2.45) is 0 Å². The molecular formula is C19H23N5OS2. The molecule has 3 N–H and O–H groups in total. The molecule has 2 aromatic heterocycles. The minimum absolute atomic E-state index is 0.0686. The van der Waals surface area contributed by atoms with Crippen molar-refractivity contribution in [1.29, 1.82) is 0 Å². The molecule has 0 fully saturated rings. The Morgan fingerprint density at radius 2 is 2.00 bits per heavy atom. The van der Waals surface area contributed by atoms with Gasteiger partial charge in [-0.25, -0.2) is 9.97 Å². The molecule has 0 aliphatic rings. The third-order valence-corrected chi connectivity index (χ3v) is 5.95. The Labute approximate surface area is 167 Å². The summed E-state index contributed by atoms with van der Waals surface area (Å²) in [6.07, 6.45) is 4.09. The normalized spacial score (nSPS) is 10.9. The fourth-order valence-electron chi connectivity index (χ4n) is 2.43. The molecule has 3 rings (SSSR count). The van der Waals surface area contributed by atoms with Crippen molar-refractivity contribution in [3.05, 3.63) is 70.2 Å². The number of anilines is 1. The molecule has 0 unspecified atom stereocenters. The molecule has 2 heterocycles. The molecule has 0 atom stereocenters. The fourth-order valence-corrected chi connectivity index (χ4v) is 4.21. The lowest BCUT2D eigenvalue weighted by Gasteiger charge is -2.06. The summed E-state index contributed by atoms with van der Waals surface area (Å²) in [6.45, 7) is 2.76. The lowest BCUT2D eigenvalue weighted by atomic mass is 10.3. The van der Waals surface area contributed by atoms with E-state index in [9.17, 15) is 4.79 Å². The molecule has 0 radical (unpaired) electrons. The van der Waals surface area contributed by atoms with Crippen molar-refractivity contribution in [2.75, 3.05) is 23.4 Å². The summed E-state index contributed by atoms with van der Waals surface area (Å²) in [6, 6.07) is 10.2. The summed E-state index contributed by atoms with van der Waals surface area (Å²) in [4.78, 5) is 27.9. The smallest absolute Gasteiger partial charge is 0.255 e. The van der Waals surface area contributed by atoms with E-state index in [0.29, 0.717) is 17.9 Å². The summed E-state index contributed by atoms with van der Waals surface area (Å²) >= 11 is 3.53. The van der Waals surface area contributed by atoms with Crippen LogP contribution in [-0.4, -0.2) is 38.0 Å². The van der Waals surface area contributed by atoms with Gasteiger partial charge in [0.25, 0.3) is 5.56 Å². The van der Waals surface area contributed by atoms with E-state index in [1.165, 1.54) is 4.90 Å². The Morgan fingerprint density at radius 1 is 1.15 bits per heavy atom. The van der Waals surface area contributed by atoms with E-state index >= 15 is 0 Å². The van der Waals surface area contributed by atoms with Gasteiger partial charge < -0.3 is 10.3 Å². The molecule has 3 aromatic rings. The largest absolute Gasteiger partial charge is 0.355 e. The maximum Gasteiger partial charge on any atom is 0.255 e. The number of rotatable bonds is 10. The van der Waals surface area contributed by atoms with Gasteiger partial charge >= 0.3 is 0 Å². The highest BCUT2D eigenvalue weighted by atomic mass is 32.2. The second kappa shape index (κ2) is 10.2. The van der Waals surface area contributed by atoms with E-state index in [1.807, 2.05) is 25.1 Å². The molecule has 6 nitrogen and oxygen atoms in total. The van der Waals surface area contributed by atoms with Gasteiger partial charge in [0.15, 0.2) is 0 Å². The van der Waals surface area contributed by atoms with Gasteiger partial charge in [0.2, 0.25) is 5.95 Å². The zero-order valence-electron chi connectivity index (χ0n) is 15.2. The van der Waals surface area contributed by atoms with Crippen molar-refractivity contribution in [2.45, 2.75) is 24.0 Å². The Balaban J connectivity index is 1.38. The summed E-state index contributed by atoms with van der Waals surface area (Å²) in [5.41, 5.74) is 2.85. The quantitative estimate of drug-likeness (QED) is 0.356. The van der Waals surface area contributed by atoms with Crippen molar-refractivity contribution < 1.29 is 0 Å². The highest BCUT2D eigenvalue weighted by Gasteiger charge is 2.04. The number of thioether (sulfide) groups is 2. The lowest BCUT2D eigenvalue weighted by Crippen LogP contribution is -2.18. The predicted octanol–water partition coefficient (Wildman–Crippen LogP) is 3.48. The standard InChI is InChI=1S/C19H23N5OS2/c1-14-17(23-13-22-14)12-26-10-8-20-19-21-11-15(18(25)24-19)7-9-27-16-5-3-2-4-6-16/h2-6,11,13H,7-10,12H2,1H3,(H,22,23)(H2,20,21,24,25). The third kappa shape index (κ3) is 6.18. The highest BCUT2D eigenvalue weighted by Crippen LogP contribution is 2.17. The molecule has 0 aliphatic heterocycles. The number of benzene rings is 1. The molecule has 8 heteroatoms. The van der Waals surface area contributed by atoms with Crippen molar-refractivity contribution >= 4 is 29.5 Å². The number of H-pyrrole nitrogens is 2. The van der Waals surface area contributed by atoms with Crippen LogP contribution in [0.15, 0.2) is 52.5 Å². The second-order valence-electron chi connectivity index (χ2n) is 5.95. The van der Waals surface area contributed by atoms with Crippen LogP contribution in [0.25, 0.3) is 0 Å². The van der Waals surface area contributed by atoms with Crippen LogP contribution in [0.5, 0.6) is 0 Å². The molecule has 142 valence electrons. The topological polar surface area (TPSA) is 86.5 Å². The van der Waals surface area contributed by atoms with Gasteiger partial charge in [-0.3, -0.25) is 9.78 Å². The average molecular weight is 402 g/mol. The van der Waals surface area contributed by atoms with Crippen molar-refractivity contribution in [3.8, 4) is 0 Å². The van der Waals surface area contributed by atoms with Gasteiger partial charge in [0, 0.05) is 46.2 Å². The van der Waals surface area contributed by atoms with Gasteiger partial charge in [0.05, 0.1) is 12.0 Å². The van der Waals surface area contributed by atoms with E-state index < -0.39 is 0 Å². The minimum atomic E-state index is -0.0686. The van der Waals surface area contributed by atoms with Gasteiger partial charge in [-0.05, 0) is 25.5 Å². The number of nitrogens with zero attached hydrogens (tertiary/aromatic N) is 2. The van der Waals surface area contributed by atoms with E-state index in [1.54, 1.807) is 36.0 Å².